The molecule has 0 aliphatic carbocycles. The number of hydrogen-bond acceptors (Lipinski definition) is 6. The van der Waals surface area contributed by atoms with Crippen LogP contribution < -0.4 is 20.1 Å². The predicted octanol–water partition coefficient (Wildman–Crippen LogP) is 5.03. The van der Waals surface area contributed by atoms with Gasteiger partial charge >= 0.3 is 0 Å². The van der Waals surface area contributed by atoms with Crippen LogP contribution in [-0.4, -0.2) is 34.9 Å². The monoisotopic (exact) mass is 485 g/mol. The smallest absolute Gasteiger partial charge is 0.255 e. The molecule has 1 atom stereocenters. The zero-order chi connectivity index (χ0) is 25.2. The lowest BCUT2D eigenvalue weighted by Crippen LogP contribution is -2.32. The molecule has 5 rings (SSSR count). The number of anilines is 2. The van der Waals surface area contributed by atoms with Crippen molar-refractivity contribution in [1.29, 1.82) is 0 Å². The van der Waals surface area contributed by atoms with Gasteiger partial charge in [0.05, 0.1) is 25.5 Å². The summed E-state index contributed by atoms with van der Waals surface area (Å²) in [5, 5.41) is 10.8. The van der Waals surface area contributed by atoms with Crippen LogP contribution in [0.15, 0.2) is 84.1 Å². The van der Waals surface area contributed by atoms with Crippen LogP contribution in [0.3, 0.4) is 0 Å². The first-order valence-electron chi connectivity index (χ1n) is 11.3. The highest BCUT2D eigenvalue weighted by Crippen LogP contribution is 2.38. The van der Waals surface area contributed by atoms with Crippen LogP contribution in [0.4, 0.5) is 16.0 Å². The van der Waals surface area contributed by atoms with E-state index in [1.54, 1.807) is 50.4 Å². The quantitative estimate of drug-likeness (QED) is 0.398. The molecular formula is C27H24FN5O3. The minimum Gasteiger partial charge on any atom is -0.497 e. The highest BCUT2D eigenvalue weighted by atomic mass is 19.1. The third kappa shape index (κ3) is 4.15. The average molecular weight is 486 g/mol. The summed E-state index contributed by atoms with van der Waals surface area (Å²) in [6.45, 7) is 1.76. The molecule has 0 radical (unpaired) electrons. The molecular weight excluding hydrogens is 461 g/mol. The fraction of sp³-hybridized carbons (Fsp3) is 0.148. The molecule has 2 heterocycles. The zero-order valence-electron chi connectivity index (χ0n) is 19.9. The Balaban J connectivity index is 1.61. The molecule has 182 valence electrons. The van der Waals surface area contributed by atoms with Crippen LogP contribution in [0, 0.1) is 5.82 Å². The van der Waals surface area contributed by atoms with Gasteiger partial charge in [-0.05, 0) is 37.3 Å². The van der Waals surface area contributed by atoms with Gasteiger partial charge in [0.15, 0.2) is 5.82 Å². The summed E-state index contributed by atoms with van der Waals surface area (Å²) >= 11 is 0. The summed E-state index contributed by atoms with van der Waals surface area (Å²) < 4.78 is 27.4. The maximum Gasteiger partial charge on any atom is 0.255 e. The number of para-hydroxylation sites is 2. The first-order chi connectivity index (χ1) is 17.5. The van der Waals surface area contributed by atoms with E-state index in [0.717, 1.165) is 5.56 Å². The molecule has 36 heavy (non-hydrogen) atoms. The number of halogens is 1. The molecule has 0 fully saturated rings. The zero-order valence-corrected chi connectivity index (χ0v) is 19.9. The summed E-state index contributed by atoms with van der Waals surface area (Å²) in [6, 6.07) is 19.9. The van der Waals surface area contributed by atoms with Gasteiger partial charge in [-0.15, -0.1) is 5.10 Å². The number of fused-ring (bicyclic) bond motifs is 1. The lowest BCUT2D eigenvalue weighted by atomic mass is 9.94. The van der Waals surface area contributed by atoms with E-state index in [-0.39, 0.29) is 0 Å². The van der Waals surface area contributed by atoms with E-state index in [0.29, 0.717) is 45.8 Å². The van der Waals surface area contributed by atoms with Gasteiger partial charge in [0.2, 0.25) is 5.95 Å². The van der Waals surface area contributed by atoms with Gasteiger partial charge in [-0.1, -0.05) is 42.5 Å². The number of ether oxygens (including phenoxy) is 2. The number of nitrogens with one attached hydrogen (secondary N) is 2. The lowest BCUT2D eigenvalue weighted by molar-refractivity contribution is -0.113. The summed E-state index contributed by atoms with van der Waals surface area (Å²) in [4.78, 5) is 18.3. The number of nitrogens with zero attached hydrogens (tertiary/aromatic N) is 3. The van der Waals surface area contributed by atoms with Crippen molar-refractivity contribution in [3.63, 3.8) is 0 Å². The number of aromatic nitrogens is 3. The molecule has 0 saturated heterocycles. The topological polar surface area (TPSA) is 90.3 Å². The summed E-state index contributed by atoms with van der Waals surface area (Å²) in [5.41, 5.74) is 2.36. The number of rotatable bonds is 6. The first-order valence-corrected chi connectivity index (χ1v) is 11.3. The van der Waals surface area contributed by atoms with E-state index in [1.807, 2.05) is 30.3 Å². The number of benzene rings is 3. The van der Waals surface area contributed by atoms with E-state index in [9.17, 15) is 4.79 Å². The number of allylic oxidation sites excluding steroid dienone is 1. The Bertz CT molecular complexity index is 1480. The van der Waals surface area contributed by atoms with Gasteiger partial charge in [-0.2, -0.15) is 4.98 Å². The molecule has 3 aromatic carbocycles. The highest BCUT2D eigenvalue weighted by molar-refractivity contribution is 6.06. The van der Waals surface area contributed by atoms with Crippen molar-refractivity contribution in [2.24, 2.45) is 0 Å². The molecule has 1 aliphatic heterocycles. The molecule has 1 unspecified atom stereocenters. The molecule has 8 nitrogen and oxygen atoms in total. The van der Waals surface area contributed by atoms with Crippen LogP contribution in [0.5, 0.6) is 11.5 Å². The van der Waals surface area contributed by atoms with Gasteiger partial charge in [-0.3, -0.25) is 4.79 Å². The lowest BCUT2D eigenvalue weighted by Gasteiger charge is -2.29. The molecule has 1 aliphatic rings. The molecule has 0 spiro atoms. The van der Waals surface area contributed by atoms with E-state index in [2.05, 4.69) is 20.7 Å². The number of methoxy groups -OCH3 is 2. The number of carbonyl (C=O) groups excluding carboxylic acids is 1. The summed E-state index contributed by atoms with van der Waals surface area (Å²) in [6.07, 6.45) is 0. The fourth-order valence-corrected chi connectivity index (χ4v) is 4.25. The summed E-state index contributed by atoms with van der Waals surface area (Å²) in [7, 11) is 3.11. The predicted molar refractivity (Wildman–Crippen MR) is 134 cm³/mol. The fourth-order valence-electron chi connectivity index (χ4n) is 4.25. The van der Waals surface area contributed by atoms with E-state index >= 15 is 4.39 Å². The summed E-state index contributed by atoms with van der Waals surface area (Å²) in [5.74, 6) is 1.11. The third-order valence-corrected chi connectivity index (χ3v) is 5.98. The van der Waals surface area contributed by atoms with Gasteiger partial charge in [0.1, 0.15) is 23.4 Å². The largest absolute Gasteiger partial charge is 0.497 e. The Morgan fingerprint density at radius 2 is 1.81 bits per heavy atom. The Hall–Kier alpha value is -4.66. The molecule has 1 amide bonds. The Morgan fingerprint density at radius 3 is 2.58 bits per heavy atom. The Morgan fingerprint density at radius 1 is 1.03 bits per heavy atom. The maximum atomic E-state index is 15.1. The maximum absolute atomic E-state index is 15.1. The van der Waals surface area contributed by atoms with Crippen molar-refractivity contribution >= 4 is 17.5 Å². The molecule has 0 saturated carbocycles. The second kappa shape index (κ2) is 9.53. The first kappa shape index (κ1) is 23.1. The van der Waals surface area contributed by atoms with Crippen molar-refractivity contribution in [2.45, 2.75) is 13.0 Å². The van der Waals surface area contributed by atoms with Crippen LogP contribution in [-0.2, 0) is 4.79 Å². The van der Waals surface area contributed by atoms with Crippen molar-refractivity contribution in [3.8, 4) is 22.9 Å². The van der Waals surface area contributed by atoms with E-state index in [1.165, 1.54) is 17.9 Å². The second-order valence-corrected chi connectivity index (χ2v) is 8.18. The number of hydrogen-bond donors (Lipinski definition) is 2. The van der Waals surface area contributed by atoms with E-state index < -0.39 is 17.8 Å². The SMILES string of the molecule is COc1cccc(-c2nc3n(n2)C(c2ccccc2F)C(C(=O)Nc2ccccc2OC)=C(C)N3)c1. The van der Waals surface area contributed by atoms with Crippen molar-refractivity contribution in [2.75, 3.05) is 24.9 Å². The number of amides is 1. The highest BCUT2D eigenvalue weighted by Gasteiger charge is 2.36. The van der Waals surface area contributed by atoms with Gasteiger partial charge in [0.25, 0.3) is 5.91 Å². The van der Waals surface area contributed by atoms with Crippen molar-refractivity contribution in [1.82, 2.24) is 14.8 Å². The van der Waals surface area contributed by atoms with Crippen LogP contribution >= 0.6 is 0 Å². The molecule has 0 bridgehead atoms. The normalized spacial score (nSPS) is 14.6. The molecule has 2 N–H and O–H groups in total. The Labute approximate surface area is 207 Å². The van der Waals surface area contributed by atoms with Crippen LogP contribution in [0.2, 0.25) is 0 Å². The van der Waals surface area contributed by atoms with Gasteiger partial charge in [0, 0.05) is 16.8 Å². The van der Waals surface area contributed by atoms with Crippen molar-refractivity contribution in [3.05, 3.63) is 95.4 Å². The Kier molecular flexibility index (Phi) is 6.12. The van der Waals surface area contributed by atoms with Crippen molar-refractivity contribution < 1.29 is 18.7 Å². The molecule has 9 heteroatoms. The number of carbonyl (C=O) groups is 1. The van der Waals surface area contributed by atoms with Gasteiger partial charge < -0.3 is 20.1 Å². The van der Waals surface area contributed by atoms with Crippen LogP contribution in [0.1, 0.15) is 18.5 Å². The molecule has 1 aromatic heterocycles. The average Bonchev–Trinajstić information content (AvgIpc) is 3.32. The van der Waals surface area contributed by atoms with Gasteiger partial charge in [-0.25, -0.2) is 9.07 Å². The van der Waals surface area contributed by atoms with Crippen LogP contribution in [0.25, 0.3) is 11.4 Å². The third-order valence-electron chi connectivity index (χ3n) is 5.98. The standard InChI is InChI=1S/C27H24FN5O3/c1-16-23(26(34)30-21-13-6-7-14-22(21)36-3)24(19-11-4-5-12-20(19)28)33-27(29-16)31-25(32-33)17-9-8-10-18(15-17)35-2/h4-15,24H,1-3H3,(H,30,34)(H,29,31,32). The second-order valence-electron chi connectivity index (χ2n) is 8.18. The minimum atomic E-state index is -0.857. The van der Waals surface area contributed by atoms with E-state index in [4.69, 9.17) is 9.47 Å². The molecule has 4 aromatic rings. The minimum absolute atomic E-state index is 0.298.